The second-order valence-corrected chi connectivity index (χ2v) is 5.19. The Morgan fingerprint density at radius 2 is 1.88 bits per heavy atom. The largest absolute Gasteiger partial charge is 0.393 e. The third-order valence-corrected chi connectivity index (χ3v) is 3.86. The molecule has 0 heterocycles. The van der Waals surface area contributed by atoms with E-state index in [-0.39, 0.29) is 11.9 Å². The topological polar surface area (TPSA) is 20.2 Å². The summed E-state index contributed by atoms with van der Waals surface area (Å²) in [5.41, 5.74) is 1.20. The molecule has 1 aromatic rings. The highest BCUT2D eigenvalue weighted by Crippen LogP contribution is 2.37. The van der Waals surface area contributed by atoms with E-state index in [1.165, 1.54) is 17.3 Å². The van der Waals surface area contributed by atoms with Crippen molar-refractivity contribution >= 4 is 11.8 Å². The molecule has 0 aromatic heterocycles. The van der Waals surface area contributed by atoms with Gasteiger partial charge in [0.2, 0.25) is 6.43 Å². The lowest BCUT2D eigenvalue weighted by atomic mass is 9.78. The Morgan fingerprint density at radius 1 is 1.25 bits per heavy atom. The molecule has 0 radical (unpaired) electrons. The number of halogens is 2. The standard InChI is InChI=1S/C12H14F2OS/c13-12(14)7-16-11-3-1-8(2-4-11)9-5-10(15)6-9/h1-4,9-10,12,15H,5-7H2. The smallest absolute Gasteiger partial charge is 0.247 e. The SMILES string of the molecule is OC1CC(c2ccc(SCC(F)F)cc2)C1. The lowest BCUT2D eigenvalue weighted by Gasteiger charge is -2.31. The molecule has 0 spiro atoms. The van der Waals surface area contributed by atoms with E-state index < -0.39 is 6.43 Å². The molecule has 0 saturated heterocycles. The summed E-state index contributed by atoms with van der Waals surface area (Å²) >= 11 is 1.18. The maximum Gasteiger partial charge on any atom is 0.247 e. The molecular weight excluding hydrogens is 230 g/mol. The molecule has 1 aliphatic rings. The van der Waals surface area contributed by atoms with Crippen LogP contribution in [-0.2, 0) is 0 Å². The summed E-state index contributed by atoms with van der Waals surface area (Å²) in [6, 6.07) is 7.72. The van der Waals surface area contributed by atoms with Gasteiger partial charge in [0.1, 0.15) is 0 Å². The van der Waals surface area contributed by atoms with E-state index >= 15 is 0 Å². The van der Waals surface area contributed by atoms with Crippen molar-refractivity contribution in [2.24, 2.45) is 0 Å². The summed E-state index contributed by atoms with van der Waals surface area (Å²) < 4.78 is 24.0. The van der Waals surface area contributed by atoms with E-state index in [4.69, 9.17) is 0 Å². The predicted molar refractivity (Wildman–Crippen MR) is 61.2 cm³/mol. The second-order valence-electron chi connectivity index (χ2n) is 4.09. The maximum atomic E-state index is 12.0. The third-order valence-electron chi connectivity index (χ3n) is 2.84. The van der Waals surface area contributed by atoms with Crippen molar-refractivity contribution in [3.63, 3.8) is 0 Å². The highest BCUT2D eigenvalue weighted by atomic mass is 32.2. The van der Waals surface area contributed by atoms with E-state index in [0.717, 1.165) is 17.7 Å². The highest BCUT2D eigenvalue weighted by molar-refractivity contribution is 7.99. The average Bonchev–Trinajstić information content (AvgIpc) is 2.23. The Labute approximate surface area is 97.9 Å². The fourth-order valence-corrected chi connectivity index (χ4v) is 2.50. The maximum absolute atomic E-state index is 12.0. The quantitative estimate of drug-likeness (QED) is 0.820. The fraction of sp³-hybridized carbons (Fsp3) is 0.500. The number of hydrogen-bond acceptors (Lipinski definition) is 2. The van der Waals surface area contributed by atoms with Crippen LogP contribution in [-0.4, -0.2) is 23.4 Å². The van der Waals surface area contributed by atoms with Crippen molar-refractivity contribution in [2.45, 2.75) is 36.2 Å². The summed E-state index contributed by atoms with van der Waals surface area (Å²) in [7, 11) is 0. The van der Waals surface area contributed by atoms with Gasteiger partial charge in [-0.25, -0.2) is 8.78 Å². The molecular formula is C12H14F2OS. The lowest BCUT2D eigenvalue weighted by Crippen LogP contribution is -2.26. The first-order valence-corrected chi connectivity index (χ1v) is 6.32. The summed E-state index contributed by atoms with van der Waals surface area (Å²) in [4.78, 5) is 0.879. The van der Waals surface area contributed by atoms with Crippen LogP contribution in [0, 0.1) is 0 Å². The zero-order valence-corrected chi connectivity index (χ0v) is 9.59. The first kappa shape index (κ1) is 11.9. The van der Waals surface area contributed by atoms with Gasteiger partial charge in [-0.05, 0) is 36.5 Å². The summed E-state index contributed by atoms with van der Waals surface area (Å²) in [5.74, 6) is 0.297. The zero-order valence-electron chi connectivity index (χ0n) is 8.77. The Bertz CT molecular complexity index is 333. The van der Waals surface area contributed by atoms with Crippen molar-refractivity contribution < 1.29 is 13.9 Å². The number of thioether (sulfide) groups is 1. The van der Waals surface area contributed by atoms with Gasteiger partial charge in [0.05, 0.1) is 11.9 Å². The van der Waals surface area contributed by atoms with E-state index in [1.54, 1.807) is 0 Å². The Kier molecular flexibility index (Phi) is 3.82. The van der Waals surface area contributed by atoms with Crippen LogP contribution in [0.3, 0.4) is 0 Å². The predicted octanol–water partition coefficient (Wildman–Crippen LogP) is 3.28. The average molecular weight is 244 g/mol. The molecule has 0 bridgehead atoms. The van der Waals surface area contributed by atoms with Crippen LogP contribution in [0.15, 0.2) is 29.2 Å². The molecule has 1 fully saturated rings. The van der Waals surface area contributed by atoms with Gasteiger partial charge >= 0.3 is 0 Å². The highest BCUT2D eigenvalue weighted by Gasteiger charge is 2.28. The van der Waals surface area contributed by atoms with Crippen molar-refractivity contribution in [2.75, 3.05) is 5.75 Å². The number of aliphatic hydroxyl groups is 1. The Hall–Kier alpha value is -0.610. The molecule has 4 heteroatoms. The molecule has 1 nitrogen and oxygen atoms in total. The van der Waals surface area contributed by atoms with Crippen LogP contribution in [0.5, 0.6) is 0 Å². The molecule has 0 amide bonds. The van der Waals surface area contributed by atoms with Crippen LogP contribution in [0.1, 0.15) is 24.3 Å². The number of alkyl halides is 2. The monoisotopic (exact) mass is 244 g/mol. The molecule has 1 N–H and O–H groups in total. The molecule has 1 saturated carbocycles. The number of hydrogen-bond donors (Lipinski definition) is 1. The van der Waals surface area contributed by atoms with Crippen molar-refractivity contribution in [3.05, 3.63) is 29.8 Å². The van der Waals surface area contributed by atoms with Crippen molar-refractivity contribution in [1.82, 2.24) is 0 Å². The number of aliphatic hydroxyl groups excluding tert-OH is 1. The molecule has 0 atom stereocenters. The minimum absolute atomic E-state index is 0.151. The van der Waals surface area contributed by atoms with Gasteiger partial charge in [0.25, 0.3) is 0 Å². The van der Waals surface area contributed by atoms with Gasteiger partial charge in [0.15, 0.2) is 0 Å². The van der Waals surface area contributed by atoms with Gasteiger partial charge < -0.3 is 5.11 Å². The second kappa shape index (κ2) is 5.15. The third kappa shape index (κ3) is 2.95. The first-order chi connectivity index (χ1) is 7.65. The van der Waals surface area contributed by atoms with Crippen LogP contribution < -0.4 is 0 Å². The Morgan fingerprint density at radius 3 is 2.38 bits per heavy atom. The molecule has 16 heavy (non-hydrogen) atoms. The van der Waals surface area contributed by atoms with Crippen LogP contribution in [0.2, 0.25) is 0 Å². The number of benzene rings is 1. The summed E-state index contributed by atoms with van der Waals surface area (Å²) in [6.07, 6.45) is -0.767. The normalized spacial score (nSPS) is 24.5. The van der Waals surface area contributed by atoms with Gasteiger partial charge in [-0.3, -0.25) is 0 Å². The Balaban J connectivity index is 1.89. The minimum atomic E-state index is -2.26. The zero-order chi connectivity index (χ0) is 11.5. The fourth-order valence-electron chi connectivity index (χ4n) is 1.86. The van der Waals surface area contributed by atoms with Crippen LogP contribution in [0.4, 0.5) is 8.78 Å². The van der Waals surface area contributed by atoms with Gasteiger partial charge in [-0.2, -0.15) is 0 Å². The van der Waals surface area contributed by atoms with Gasteiger partial charge in [0, 0.05) is 4.90 Å². The van der Waals surface area contributed by atoms with Crippen LogP contribution >= 0.6 is 11.8 Å². The molecule has 88 valence electrons. The van der Waals surface area contributed by atoms with E-state index in [9.17, 15) is 13.9 Å². The molecule has 2 rings (SSSR count). The molecule has 0 unspecified atom stereocenters. The van der Waals surface area contributed by atoms with Crippen LogP contribution in [0.25, 0.3) is 0 Å². The van der Waals surface area contributed by atoms with E-state index in [1.807, 2.05) is 24.3 Å². The summed E-state index contributed by atoms with van der Waals surface area (Å²) in [5, 5.41) is 9.19. The van der Waals surface area contributed by atoms with Gasteiger partial charge in [-0.1, -0.05) is 12.1 Å². The number of rotatable bonds is 4. The van der Waals surface area contributed by atoms with E-state index in [0.29, 0.717) is 5.92 Å². The molecule has 1 aliphatic carbocycles. The molecule has 0 aliphatic heterocycles. The molecule has 1 aromatic carbocycles. The van der Waals surface area contributed by atoms with Gasteiger partial charge in [-0.15, -0.1) is 11.8 Å². The van der Waals surface area contributed by atoms with E-state index in [2.05, 4.69) is 0 Å². The lowest BCUT2D eigenvalue weighted by molar-refractivity contribution is 0.0746. The summed E-state index contributed by atoms with van der Waals surface area (Å²) in [6.45, 7) is 0. The first-order valence-electron chi connectivity index (χ1n) is 5.34. The minimum Gasteiger partial charge on any atom is -0.393 e. The van der Waals surface area contributed by atoms with Crippen molar-refractivity contribution in [3.8, 4) is 0 Å². The van der Waals surface area contributed by atoms with Crippen molar-refractivity contribution in [1.29, 1.82) is 0 Å².